The normalized spacial score (nSPS) is 31.2. The summed E-state index contributed by atoms with van der Waals surface area (Å²) in [7, 11) is 0. The number of carbonyl (C=O) groups is 2. The van der Waals surface area contributed by atoms with Crippen molar-refractivity contribution < 1.29 is 9.59 Å². The molecule has 1 N–H and O–H groups in total. The molecule has 2 atom stereocenters. The van der Waals surface area contributed by atoms with E-state index in [9.17, 15) is 20.1 Å². The molecule has 156 valence electrons. The Morgan fingerprint density at radius 3 is 2.00 bits per heavy atom. The first-order chi connectivity index (χ1) is 14.3. The van der Waals surface area contributed by atoms with Crippen LogP contribution in [0.4, 0.5) is 0 Å². The van der Waals surface area contributed by atoms with Crippen LogP contribution in [0, 0.1) is 38.9 Å². The first-order valence-electron chi connectivity index (χ1n) is 10.5. The third-order valence-corrected chi connectivity index (χ3v) is 7.59. The van der Waals surface area contributed by atoms with Crippen molar-refractivity contribution in [3.63, 3.8) is 0 Å². The van der Waals surface area contributed by atoms with Crippen LogP contribution in [-0.4, -0.2) is 53.8 Å². The van der Waals surface area contributed by atoms with Gasteiger partial charge in [-0.15, -0.1) is 0 Å². The average Bonchev–Trinajstić information content (AvgIpc) is 2.75. The number of rotatable bonds is 3. The highest BCUT2D eigenvalue weighted by Crippen LogP contribution is 2.63. The molecule has 2 unspecified atom stereocenters. The monoisotopic (exact) mass is 405 g/mol. The van der Waals surface area contributed by atoms with Crippen LogP contribution in [0.3, 0.4) is 0 Å². The third-order valence-electron chi connectivity index (χ3n) is 7.59. The number of hydrogen-bond acceptors (Lipinski definition) is 6. The zero-order chi connectivity index (χ0) is 21.6. The first-order valence-corrected chi connectivity index (χ1v) is 10.5. The Balaban J connectivity index is 1.72. The summed E-state index contributed by atoms with van der Waals surface area (Å²) in [4.78, 5) is 30.5. The average molecular weight is 406 g/mol. The smallest absolute Gasteiger partial charge is 0.249 e. The summed E-state index contributed by atoms with van der Waals surface area (Å²) in [5, 5.41) is 23.0. The lowest BCUT2D eigenvalue weighted by Crippen LogP contribution is -2.79. The van der Waals surface area contributed by atoms with Crippen molar-refractivity contribution in [3.8, 4) is 12.1 Å². The fourth-order valence-electron chi connectivity index (χ4n) is 5.77. The predicted molar refractivity (Wildman–Crippen MR) is 109 cm³/mol. The second-order valence-corrected chi connectivity index (χ2v) is 9.16. The van der Waals surface area contributed by atoms with E-state index in [1.165, 1.54) is 5.56 Å². The molecule has 1 aromatic carbocycles. The molecule has 3 saturated heterocycles. The van der Waals surface area contributed by atoms with E-state index >= 15 is 0 Å². The Hall–Kier alpha value is -2.74. The van der Waals surface area contributed by atoms with Crippen molar-refractivity contribution in [3.05, 3.63) is 35.9 Å². The number of imide groups is 1. The van der Waals surface area contributed by atoms with Crippen LogP contribution in [0.2, 0.25) is 0 Å². The van der Waals surface area contributed by atoms with Crippen molar-refractivity contribution in [1.82, 2.24) is 15.1 Å². The van der Waals surface area contributed by atoms with E-state index in [1.54, 1.807) is 0 Å². The quantitative estimate of drug-likeness (QED) is 0.768. The molecule has 0 aromatic heterocycles. The zero-order valence-corrected chi connectivity index (χ0v) is 17.5. The van der Waals surface area contributed by atoms with Gasteiger partial charge in [0.2, 0.25) is 11.8 Å². The highest BCUT2D eigenvalue weighted by molar-refractivity contribution is 6.08. The van der Waals surface area contributed by atoms with Gasteiger partial charge in [0.25, 0.3) is 0 Å². The number of nitrogens with zero attached hydrogens (tertiary/aromatic N) is 4. The highest BCUT2D eigenvalue weighted by atomic mass is 16.2. The van der Waals surface area contributed by atoms with Gasteiger partial charge in [0, 0.05) is 31.1 Å². The third kappa shape index (κ3) is 2.62. The minimum absolute atomic E-state index is 0.0275. The number of benzene rings is 1. The Bertz CT molecular complexity index is 895. The second-order valence-electron chi connectivity index (χ2n) is 9.16. The molecule has 3 fully saturated rings. The predicted octanol–water partition coefficient (Wildman–Crippen LogP) is 1.67. The molecule has 7 heteroatoms. The molecule has 30 heavy (non-hydrogen) atoms. The molecule has 0 saturated carbocycles. The van der Waals surface area contributed by atoms with Gasteiger partial charge in [0.15, 0.2) is 10.8 Å². The number of piperidine rings is 3. The van der Waals surface area contributed by atoms with Crippen molar-refractivity contribution >= 4 is 11.8 Å². The lowest BCUT2D eigenvalue weighted by molar-refractivity contribution is -0.190. The van der Waals surface area contributed by atoms with Gasteiger partial charge in [-0.1, -0.05) is 30.3 Å². The molecule has 1 spiro atoms. The molecule has 3 aliphatic rings. The summed E-state index contributed by atoms with van der Waals surface area (Å²) in [6.07, 6.45) is 0.956. The summed E-state index contributed by atoms with van der Waals surface area (Å²) >= 11 is 0. The van der Waals surface area contributed by atoms with Crippen LogP contribution < -0.4 is 5.32 Å². The Kier molecular flexibility index (Phi) is 4.92. The van der Waals surface area contributed by atoms with E-state index < -0.39 is 28.1 Å². The lowest BCUT2D eigenvalue weighted by atomic mass is 9.43. The van der Waals surface area contributed by atoms with Gasteiger partial charge in [0.1, 0.15) is 0 Å². The van der Waals surface area contributed by atoms with E-state index in [0.29, 0.717) is 25.9 Å². The molecule has 2 bridgehead atoms. The Labute approximate surface area is 177 Å². The molecule has 0 radical (unpaired) electrons. The van der Waals surface area contributed by atoms with E-state index in [4.69, 9.17) is 0 Å². The van der Waals surface area contributed by atoms with Gasteiger partial charge in [0.05, 0.1) is 12.1 Å². The molecule has 0 aliphatic carbocycles. The number of amides is 2. The van der Waals surface area contributed by atoms with Crippen LogP contribution in [0.25, 0.3) is 0 Å². The van der Waals surface area contributed by atoms with Crippen LogP contribution in [0.5, 0.6) is 0 Å². The first kappa shape index (κ1) is 20.5. The van der Waals surface area contributed by atoms with E-state index in [0.717, 1.165) is 6.54 Å². The Morgan fingerprint density at radius 1 is 1.00 bits per heavy atom. The molecular weight excluding hydrogens is 378 g/mol. The van der Waals surface area contributed by atoms with E-state index in [-0.39, 0.29) is 19.1 Å². The van der Waals surface area contributed by atoms with Gasteiger partial charge in [-0.3, -0.25) is 24.7 Å². The molecular formula is C23H27N5O2. The molecule has 2 amide bonds. The number of likely N-dealkylation sites (tertiary alicyclic amines) is 2. The van der Waals surface area contributed by atoms with Gasteiger partial charge in [-0.2, -0.15) is 10.5 Å². The summed E-state index contributed by atoms with van der Waals surface area (Å²) in [6.45, 7) is 6.50. The van der Waals surface area contributed by atoms with Crippen LogP contribution in [-0.2, 0) is 16.1 Å². The minimum Gasteiger partial charge on any atom is -0.299 e. The van der Waals surface area contributed by atoms with Crippen LogP contribution >= 0.6 is 0 Å². The maximum atomic E-state index is 13.1. The molecule has 7 nitrogen and oxygen atoms in total. The topological polar surface area (TPSA) is 100 Å². The second kappa shape index (κ2) is 7.19. The van der Waals surface area contributed by atoms with E-state index in [2.05, 4.69) is 34.5 Å². The maximum absolute atomic E-state index is 13.1. The fourth-order valence-corrected chi connectivity index (χ4v) is 5.77. The molecule has 1 aromatic rings. The highest BCUT2D eigenvalue weighted by Gasteiger charge is 2.76. The SMILES string of the molecule is CC(C)N1CC2(C#N)C(=O)NC(=O)C(C#N)(C1)C21CCN(Cc2ccccc2)CC1. The fraction of sp³-hybridized carbons (Fsp3) is 0.565. The standard InChI is InChI=1S/C23H27N5O2/c1-17(2)28-15-21(13-24)19(29)26-20(30)22(14-25,16-28)23(21)8-10-27(11-9-23)12-18-6-4-3-5-7-18/h3-7,17H,8-12,15-16H2,1-2H3,(H,26,29,30). The van der Waals surface area contributed by atoms with E-state index in [1.807, 2.05) is 36.9 Å². The molecule has 4 rings (SSSR count). The van der Waals surface area contributed by atoms with Crippen molar-refractivity contribution in [1.29, 1.82) is 10.5 Å². The minimum atomic E-state index is -1.40. The summed E-state index contributed by atoms with van der Waals surface area (Å²) in [6, 6.07) is 14.8. The maximum Gasteiger partial charge on any atom is 0.249 e. The molecule has 3 aliphatic heterocycles. The van der Waals surface area contributed by atoms with Gasteiger partial charge < -0.3 is 0 Å². The number of nitrogens with one attached hydrogen (secondary N) is 1. The lowest BCUT2D eigenvalue weighted by Gasteiger charge is -2.63. The van der Waals surface area contributed by atoms with Gasteiger partial charge >= 0.3 is 0 Å². The zero-order valence-electron chi connectivity index (χ0n) is 17.5. The van der Waals surface area contributed by atoms with Crippen molar-refractivity contribution in [2.75, 3.05) is 26.2 Å². The van der Waals surface area contributed by atoms with Crippen molar-refractivity contribution in [2.24, 2.45) is 16.2 Å². The Morgan fingerprint density at radius 2 is 1.53 bits per heavy atom. The van der Waals surface area contributed by atoms with Gasteiger partial charge in [-0.05, 0) is 45.3 Å². The van der Waals surface area contributed by atoms with Gasteiger partial charge in [-0.25, -0.2) is 0 Å². The summed E-state index contributed by atoms with van der Waals surface area (Å²) in [5.41, 5.74) is -2.58. The molecule has 3 heterocycles. The number of hydrogen-bond donors (Lipinski definition) is 1. The largest absolute Gasteiger partial charge is 0.299 e. The van der Waals surface area contributed by atoms with Crippen LogP contribution in [0.15, 0.2) is 30.3 Å². The van der Waals surface area contributed by atoms with Crippen molar-refractivity contribution in [2.45, 2.75) is 39.3 Å². The number of nitriles is 2. The summed E-state index contributed by atoms with van der Waals surface area (Å²) in [5.74, 6) is -1.08. The summed E-state index contributed by atoms with van der Waals surface area (Å²) < 4.78 is 0. The van der Waals surface area contributed by atoms with Crippen LogP contribution in [0.1, 0.15) is 32.3 Å². The number of carbonyl (C=O) groups excluding carboxylic acids is 2.